The number of aliphatic hydroxyl groups is 1. The quantitative estimate of drug-likeness (QED) is 0.860. The van der Waals surface area contributed by atoms with E-state index >= 15 is 0 Å². The molecule has 1 aromatic rings. The zero-order valence-electron chi connectivity index (χ0n) is 14.6. The average molecular weight is 336 g/mol. The lowest BCUT2D eigenvalue weighted by atomic mass is 9.73. The lowest BCUT2D eigenvalue weighted by Gasteiger charge is -2.53. The van der Waals surface area contributed by atoms with E-state index in [9.17, 15) is 15.2 Å². The van der Waals surface area contributed by atoms with Gasteiger partial charge in [-0.05, 0) is 37.0 Å². The fourth-order valence-corrected chi connectivity index (χ4v) is 3.65. The van der Waals surface area contributed by atoms with Crippen molar-refractivity contribution in [3.8, 4) is 17.9 Å². The SMILES string of the molecule is CCCC#Cc1ccc([C@H]2[C@@H](C#N)N(C(=O)C3CCC3)[C@H]2CO)cc1. The van der Waals surface area contributed by atoms with Crippen LogP contribution in [0.4, 0.5) is 0 Å². The number of carbonyl (C=O) groups excluding carboxylic acids is 1. The summed E-state index contributed by atoms with van der Waals surface area (Å²) in [5.74, 6) is 6.20. The fraction of sp³-hybridized carbons (Fsp3) is 0.524. The number of nitrogens with zero attached hydrogens (tertiary/aromatic N) is 2. The topological polar surface area (TPSA) is 64.3 Å². The Bertz CT molecular complexity index is 719. The standard InChI is InChI=1S/C21H24N2O2/c1-2-3-4-6-15-9-11-16(12-10-15)20-18(13-22)23(19(20)14-24)21(25)17-7-5-8-17/h9-12,17-20,24H,2-3,5,7-8,14H2,1H3/t18-,19+,20+/m1/s1. The van der Waals surface area contributed by atoms with Gasteiger partial charge in [0.2, 0.25) is 5.91 Å². The molecule has 3 atom stereocenters. The summed E-state index contributed by atoms with van der Waals surface area (Å²) in [6, 6.07) is 9.34. The van der Waals surface area contributed by atoms with Gasteiger partial charge >= 0.3 is 0 Å². The summed E-state index contributed by atoms with van der Waals surface area (Å²) in [5.41, 5.74) is 1.94. The van der Waals surface area contributed by atoms with E-state index in [0.717, 1.165) is 43.2 Å². The second kappa shape index (κ2) is 7.72. The first-order valence-electron chi connectivity index (χ1n) is 9.12. The van der Waals surface area contributed by atoms with Crippen molar-refractivity contribution in [1.82, 2.24) is 4.90 Å². The molecule has 0 aromatic heterocycles. The number of aliphatic hydroxyl groups excluding tert-OH is 1. The zero-order chi connectivity index (χ0) is 17.8. The predicted octanol–water partition coefficient (Wildman–Crippen LogP) is 2.82. The zero-order valence-corrected chi connectivity index (χ0v) is 14.6. The molecule has 1 heterocycles. The van der Waals surface area contributed by atoms with Crippen LogP contribution in [0.25, 0.3) is 0 Å². The molecule has 0 radical (unpaired) electrons. The number of unbranched alkanes of at least 4 members (excludes halogenated alkanes) is 1. The van der Waals surface area contributed by atoms with Crippen LogP contribution < -0.4 is 0 Å². The first-order chi connectivity index (χ1) is 12.2. The monoisotopic (exact) mass is 336 g/mol. The summed E-state index contributed by atoms with van der Waals surface area (Å²) < 4.78 is 0. The Hall–Kier alpha value is -2.30. The van der Waals surface area contributed by atoms with Crippen molar-refractivity contribution in [2.24, 2.45) is 5.92 Å². The smallest absolute Gasteiger partial charge is 0.227 e. The highest BCUT2D eigenvalue weighted by atomic mass is 16.3. The number of nitriles is 1. The fourth-order valence-electron chi connectivity index (χ4n) is 3.65. The molecule has 1 N–H and O–H groups in total. The van der Waals surface area contributed by atoms with E-state index in [-0.39, 0.29) is 30.4 Å². The molecular formula is C21H24N2O2. The summed E-state index contributed by atoms with van der Waals surface area (Å²) in [7, 11) is 0. The van der Waals surface area contributed by atoms with Crippen LogP contribution in [0.1, 0.15) is 56.1 Å². The Morgan fingerprint density at radius 3 is 2.56 bits per heavy atom. The molecule has 3 rings (SSSR count). The van der Waals surface area contributed by atoms with Gasteiger partial charge in [-0.3, -0.25) is 4.79 Å². The van der Waals surface area contributed by atoms with Crippen LogP contribution in [0.3, 0.4) is 0 Å². The molecule has 1 aliphatic heterocycles. The van der Waals surface area contributed by atoms with Crippen LogP contribution in [-0.4, -0.2) is 34.6 Å². The number of rotatable bonds is 4. The lowest BCUT2D eigenvalue weighted by molar-refractivity contribution is -0.154. The molecule has 25 heavy (non-hydrogen) atoms. The van der Waals surface area contributed by atoms with Crippen molar-refractivity contribution < 1.29 is 9.90 Å². The van der Waals surface area contributed by atoms with Gasteiger partial charge in [0.1, 0.15) is 6.04 Å². The van der Waals surface area contributed by atoms with Gasteiger partial charge in [0.15, 0.2) is 0 Å². The number of likely N-dealkylation sites (tertiary alicyclic amines) is 1. The van der Waals surface area contributed by atoms with Crippen molar-refractivity contribution in [2.45, 2.75) is 57.0 Å². The van der Waals surface area contributed by atoms with Crippen LogP contribution in [0, 0.1) is 29.1 Å². The minimum atomic E-state index is -0.484. The lowest BCUT2D eigenvalue weighted by Crippen LogP contribution is -2.66. The Labute approximate surface area is 149 Å². The summed E-state index contributed by atoms with van der Waals surface area (Å²) >= 11 is 0. The van der Waals surface area contributed by atoms with Gasteiger partial charge < -0.3 is 10.0 Å². The minimum Gasteiger partial charge on any atom is -0.394 e. The molecule has 1 aromatic carbocycles. The van der Waals surface area contributed by atoms with Crippen LogP contribution in [-0.2, 0) is 4.79 Å². The van der Waals surface area contributed by atoms with E-state index < -0.39 is 6.04 Å². The van der Waals surface area contributed by atoms with Gasteiger partial charge in [0.05, 0.1) is 18.7 Å². The molecule has 2 aliphatic rings. The molecule has 2 fully saturated rings. The van der Waals surface area contributed by atoms with Crippen LogP contribution >= 0.6 is 0 Å². The van der Waals surface area contributed by atoms with Gasteiger partial charge in [-0.2, -0.15) is 5.26 Å². The second-order valence-corrected chi connectivity index (χ2v) is 6.90. The Balaban J connectivity index is 1.76. The van der Waals surface area contributed by atoms with E-state index in [1.807, 2.05) is 24.3 Å². The van der Waals surface area contributed by atoms with Crippen LogP contribution in [0.2, 0.25) is 0 Å². The molecule has 1 saturated carbocycles. The number of carbonyl (C=O) groups is 1. The van der Waals surface area contributed by atoms with Gasteiger partial charge in [0, 0.05) is 23.8 Å². The number of benzene rings is 1. The third kappa shape index (κ3) is 3.28. The Morgan fingerprint density at radius 1 is 1.32 bits per heavy atom. The van der Waals surface area contributed by atoms with Crippen LogP contribution in [0.5, 0.6) is 0 Å². The maximum absolute atomic E-state index is 12.6. The Morgan fingerprint density at radius 2 is 2.04 bits per heavy atom. The van der Waals surface area contributed by atoms with Gasteiger partial charge in [-0.25, -0.2) is 0 Å². The Kier molecular flexibility index (Phi) is 5.41. The van der Waals surface area contributed by atoms with E-state index in [1.165, 1.54) is 0 Å². The molecular weight excluding hydrogens is 312 g/mol. The second-order valence-electron chi connectivity index (χ2n) is 6.90. The van der Waals surface area contributed by atoms with E-state index in [4.69, 9.17) is 0 Å². The summed E-state index contributed by atoms with van der Waals surface area (Å²) in [5, 5.41) is 19.4. The highest BCUT2D eigenvalue weighted by molar-refractivity contribution is 5.82. The molecule has 4 nitrogen and oxygen atoms in total. The predicted molar refractivity (Wildman–Crippen MR) is 95.4 cm³/mol. The largest absolute Gasteiger partial charge is 0.394 e. The van der Waals surface area contributed by atoms with Gasteiger partial charge in [0.25, 0.3) is 0 Å². The molecule has 0 bridgehead atoms. The third-order valence-corrected chi connectivity index (χ3v) is 5.34. The molecule has 0 spiro atoms. The van der Waals surface area contributed by atoms with Crippen molar-refractivity contribution in [3.05, 3.63) is 35.4 Å². The van der Waals surface area contributed by atoms with Crippen molar-refractivity contribution in [1.29, 1.82) is 5.26 Å². The summed E-state index contributed by atoms with van der Waals surface area (Å²) in [6.45, 7) is 1.99. The van der Waals surface area contributed by atoms with Crippen molar-refractivity contribution >= 4 is 5.91 Å². The van der Waals surface area contributed by atoms with E-state index in [0.29, 0.717) is 0 Å². The van der Waals surface area contributed by atoms with E-state index in [2.05, 4.69) is 24.8 Å². The number of hydrogen-bond acceptors (Lipinski definition) is 3. The van der Waals surface area contributed by atoms with Crippen molar-refractivity contribution in [2.75, 3.05) is 6.61 Å². The van der Waals surface area contributed by atoms with E-state index in [1.54, 1.807) is 4.90 Å². The highest BCUT2D eigenvalue weighted by Gasteiger charge is 2.53. The molecule has 1 aliphatic carbocycles. The van der Waals surface area contributed by atoms with Crippen molar-refractivity contribution in [3.63, 3.8) is 0 Å². The molecule has 1 amide bonds. The average Bonchev–Trinajstić information content (AvgIpc) is 2.55. The molecule has 130 valence electrons. The maximum Gasteiger partial charge on any atom is 0.227 e. The summed E-state index contributed by atoms with van der Waals surface area (Å²) in [4.78, 5) is 14.2. The number of hydrogen-bond donors (Lipinski definition) is 1. The maximum atomic E-state index is 12.6. The molecule has 0 unspecified atom stereocenters. The third-order valence-electron chi connectivity index (χ3n) is 5.34. The molecule has 4 heteroatoms. The highest BCUT2D eigenvalue weighted by Crippen LogP contribution is 2.43. The molecule has 1 saturated heterocycles. The van der Waals surface area contributed by atoms with Crippen LogP contribution in [0.15, 0.2) is 24.3 Å². The number of amides is 1. The minimum absolute atomic E-state index is 0.0372. The van der Waals surface area contributed by atoms with Gasteiger partial charge in [-0.1, -0.05) is 37.3 Å². The summed E-state index contributed by atoms with van der Waals surface area (Å²) in [6.07, 6.45) is 4.81. The first-order valence-corrected chi connectivity index (χ1v) is 9.12. The first kappa shape index (κ1) is 17.5. The normalized spacial score (nSPS) is 25.2. The van der Waals surface area contributed by atoms with Gasteiger partial charge in [-0.15, -0.1) is 0 Å².